The molecule has 6 heteroatoms. The van der Waals surface area contributed by atoms with Gasteiger partial charge in [-0.3, -0.25) is 0 Å². The Labute approximate surface area is 104 Å². The fourth-order valence-electron chi connectivity index (χ4n) is 1.25. The zero-order valence-corrected chi connectivity index (χ0v) is 9.83. The average molecular weight is 248 g/mol. The third-order valence-corrected chi connectivity index (χ3v) is 2.03. The molecule has 0 unspecified atom stereocenters. The monoisotopic (exact) mass is 248 g/mol. The normalized spacial score (nSPS) is 10.1. The molecule has 0 aliphatic rings. The minimum absolute atomic E-state index is 0.132. The maximum absolute atomic E-state index is 11.3. The second-order valence-electron chi connectivity index (χ2n) is 3.34. The molecule has 0 N–H and O–H groups in total. The lowest BCUT2D eigenvalue weighted by Crippen LogP contribution is -2.05. The van der Waals surface area contributed by atoms with Crippen molar-refractivity contribution in [1.82, 2.24) is 10.1 Å². The number of rotatable bonds is 5. The van der Waals surface area contributed by atoms with Gasteiger partial charge in [0.1, 0.15) is 5.75 Å². The molecule has 0 radical (unpaired) electrons. The predicted molar refractivity (Wildman–Crippen MR) is 61.0 cm³/mol. The van der Waals surface area contributed by atoms with Gasteiger partial charge in [0.15, 0.2) is 6.61 Å². The van der Waals surface area contributed by atoms with Gasteiger partial charge in [0.05, 0.1) is 6.61 Å². The first-order chi connectivity index (χ1) is 8.79. The molecule has 0 aliphatic heterocycles. The van der Waals surface area contributed by atoms with Crippen LogP contribution in [0.1, 0.15) is 23.4 Å². The Morgan fingerprint density at radius 1 is 1.33 bits per heavy atom. The molecule has 94 valence electrons. The highest BCUT2D eigenvalue weighted by atomic mass is 16.6. The molecule has 1 aromatic carbocycles. The summed E-state index contributed by atoms with van der Waals surface area (Å²) in [5.74, 6) is 0.196. The van der Waals surface area contributed by atoms with Crippen LogP contribution in [-0.2, 0) is 11.3 Å². The van der Waals surface area contributed by atoms with Gasteiger partial charge in [-0.2, -0.15) is 4.98 Å². The quantitative estimate of drug-likeness (QED) is 0.751. The lowest BCUT2D eigenvalue weighted by molar-refractivity contribution is 0.0470. The van der Waals surface area contributed by atoms with Crippen LogP contribution in [0.25, 0.3) is 0 Å². The minimum atomic E-state index is -0.629. The maximum Gasteiger partial charge on any atom is 0.397 e. The largest absolute Gasteiger partial charge is 0.485 e. The summed E-state index contributed by atoms with van der Waals surface area (Å²) < 4.78 is 14.9. The number of aromatic nitrogens is 2. The number of hydrogen-bond acceptors (Lipinski definition) is 6. The summed E-state index contributed by atoms with van der Waals surface area (Å²) in [7, 11) is 0. The van der Waals surface area contributed by atoms with Gasteiger partial charge in [0.2, 0.25) is 5.82 Å². The number of esters is 1. The average Bonchev–Trinajstić information content (AvgIpc) is 2.87. The van der Waals surface area contributed by atoms with Gasteiger partial charge in [0, 0.05) is 0 Å². The van der Waals surface area contributed by atoms with E-state index >= 15 is 0 Å². The van der Waals surface area contributed by atoms with Crippen LogP contribution in [-0.4, -0.2) is 22.7 Å². The van der Waals surface area contributed by atoms with Crippen molar-refractivity contribution in [3.8, 4) is 5.75 Å². The van der Waals surface area contributed by atoms with Crippen molar-refractivity contribution in [3.63, 3.8) is 0 Å². The highest BCUT2D eigenvalue weighted by Gasteiger charge is 2.16. The highest BCUT2D eigenvalue weighted by molar-refractivity contribution is 5.83. The Morgan fingerprint density at radius 3 is 2.83 bits per heavy atom. The van der Waals surface area contributed by atoms with Crippen molar-refractivity contribution in [1.29, 1.82) is 0 Å². The first kappa shape index (κ1) is 12.1. The van der Waals surface area contributed by atoms with Gasteiger partial charge in [-0.1, -0.05) is 23.4 Å². The molecule has 1 aromatic heterocycles. The summed E-state index contributed by atoms with van der Waals surface area (Å²) >= 11 is 0. The summed E-state index contributed by atoms with van der Waals surface area (Å²) in [6, 6.07) is 9.23. The molecule has 0 aliphatic carbocycles. The van der Waals surface area contributed by atoms with E-state index in [2.05, 4.69) is 10.1 Å². The number of hydrogen-bond donors (Lipinski definition) is 0. The van der Waals surface area contributed by atoms with Crippen LogP contribution in [0.4, 0.5) is 0 Å². The predicted octanol–water partition coefficient (Wildman–Crippen LogP) is 1.83. The number of carbonyl (C=O) groups is 1. The van der Waals surface area contributed by atoms with E-state index in [1.54, 1.807) is 6.92 Å². The van der Waals surface area contributed by atoms with Crippen LogP contribution in [0.2, 0.25) is 0 Å². The van der Waals surface area contributed by atoms with Gasteiger partial charge in [-0.05, 0) is 19.1 Å². The van der Waals surface area contributed by atoms with Crippen LogP contribution in [0, 0.1) is 0 Å². The van der Waals surface area contributed by atoms with E-state index < -0.39 is 5.97 Å². The Kier molecular flexibility index (Phi) is 3.90. The van der Waals surface area contributed by atoms with E-state index in [9.17, 15) is 4.79 Å². The molecule has 1 heterocycles. The molecule has 0 saturated heterocycles. The molecular weight excluding hydrogens is 236 g/mol. The second-order valence-corrected chi connectivity index (χ2v) is 3.34. The molecule has 0 saturated carbocycles. The van der Waals surface area contributed by atoms with Crippen molar-refractivity contribution in [3.05, 3.63) is 42.0 Å². The minimum Gasteiger partial charge on any atom is -0.485 e. The van der Waals surface area contributed by atoms with E-state index in [1.165, 1.54) is 0 Å². The molecule has 6 nitrogen and oxygen atoms in total. The SMILES string of the molecule is CCOC(=O)c1nc(COc2ccccc2)no1. The fraction of sp³-hybridized carbons (Fsp3) is 0.250. The van der Waals surface area contributed by atoms with Crippen LogP contribution >= 0.6 is 0 Å². The van der Waals surface area contributed by atoms with Gasteiger partial charge < -0.3 is 14.0 Å². The second kappa shape index (κ2) is 5.81. The third-order valence-electron chi connectivity index (χ3n) is 2.03. The van der Waals surface area contributed by atoms with Crippen LogP contribution in [0.5, 0.6) is 5.75 Å². The van der Waals surface area contributed by atoms with Gasteiger partial charge in [0.25, 0.3) is 0 Å². The first-order valence-electron chi connectivity index (χ1n) is 5.47. The van der Waals surface area contributed by atoms with E-state index in [-0.39, 0.29) is 19.1 Å². The van der Waals surface area contributed by atoms with Gasteiger partial charge >= 0.3 is 11.9 Å². The van der Waals surface area contributed by atoms with Crippen LogP contribution in [0.15, 0.2) is 34.9 Å². The standard InChI is InChI=1S/C12H12N2O4/c1-2-16-12(15)11-13-10(14-18-11)8-17-9-6-4-3-5-7-9/h3-7H,2,8H2,1H3. The smallest absolute Gasteiger partial charge is 0.397 e. The van der Waals surface area contributed by atoms with E-state index in [0.717, 1.165) is 0 Å². The zero-order valence-electron chi connectivity index (χ0n) is 9.83. The number of benzene rings is 1. The third kappa shape index (κ3) is 3.07. The van der Waals surface area contributed by atoms with Crippen molar-refractivity contribution < 1.29 is 18.8 Å². The highest BCUT2D eigenvalue weighted by Crippen LogP contribution is 2.10. The van der Waals surface area contributed by atoms with E-state index in [1.807, 2.05) is 30.3 Å². The number of ether oxygens (including phenoxy) is 2. The van der Waals surface area contributed by atoms with E-state index in [4.69, 9.17) is 14.0 Å². The lowest BCUT2D eigenvalue weighted by atomic mass is 10.3. The van der Waals surface area contributed by atoms with E-state index in [0.29, 0.717) is 11.6 Å². The number of carbonyl (C=O) groups excluding carboxylic acids is 1. The van der Waals surface area contributed by atoms with Crippen LogP contribution in [0.3, 0.4) is 0 Å². The molecule has 0 spiro atoms. The first-order valence-corrected chi connectivity index (χ1v) is 5.47. The topological polar surface area (TPSA) is 74.5 Å². The number of nitrogens with zero attached hydrogens (tertiary/aromatic N) is 2. The van der Waals surface area contributed by atoms with Crippen molar-refractivity contribution in [2.75, 3.05) is 6.61 Å². The Bertz CT molecular complexity index is 510. The maximum atomic E-state index is 11.3. The summed E-state index contributed by atoms with van der Waals surface area (Å²) in [6.45, 7) is 2.09. The fourth-order valence-corrected chi connectivity index (χ4v) is 1.25. The van der Waals surface area contributed by atoms with Crippen molar-refractivity contribution in [2.45, 2.75) is 13.5 Å². The Balaban J connectivity index is 1.93. The summed E-state index contributed by atoms with van der Waals surface area (Å²) in [5.41, 5.74) is 0. The molecule has 0 bridgehead atoms. The molecule has 2 rings (SSSR count). The summed E-state index contributed by atoms with van der Waals surface area (Å²) in [5, 5.41) is 3.62. The van der Waals surface area contributed by atoms with Crippen molar-refractivity contribution >= 4 is 5.97 Å². The molecule has 18 heavy (non-hydrogen) atoms. The van der Waals surface area contributed by atoms with Crippen molar-refractivity contribution in [2.24, 2.45) is 0 Å². The summed E-state index contributed by atoms with van der Waals surface area (Å²) in [4.78, 5) is 15.1. The van der Waals surface area contributed by atoms with Gasteiger partial charge in [-0.25, -0.2) is 4.79 Å². The molecule has 0 atom stereocenters. The van der Waals surface area contributed by atoms with Gasteiger partial charge in [-0.15, -0.1) is 0 Å². The summed E-state index contributed by atoms with van der Waals surface area (Å²) in [6.07, 6.45) is 0. The molecule has 0 fully saturated rings. The Hall–Kier alpha value is -2.37. The molecule has 2 aromatic rings. The lowest BCUT2D eigenvalue weighted by Gasteiger charge is -2.01. The molecular formula is C12H12N2O4. The molecule has 0 amide bonds. The zero-order chi connectivity index (χ0) is 12.8. The van der Waals surface area contributed by atoms with Crippen LogP contribution < -0.4 is 4.74 Å². The Morgan fingerprint density at radius 2 is 2.11 bits per heavy atom. The number of para-hydroxylation sites is 1.